The van der Waals surface area contributed by atoms with Gasteiger partial charge in [-0.25, -0.2) is 9.59 Å². The molecule has 2 atom stereocenters. The minimum Gasteiger partial charge on any atom is -0.481 e. The van der Waals surface area contributed by atoms with Gasteiger partial charge < -0.3 is 25.5 Å². The Labute approximate surface area is 116 Å². The van der Waals surface area contributed by atoms with Crippen molar-refractivity contribution in [2.45, 2.75) is 31.7 Å². The monoisotopic (exact) mass is 288 g/mol. The molecule has 114 valence electrons. The van der Waals surface area contributed by atoms with Gasteiger partial charge in [0.05, 0.1) is 0 Å². The number of hydrogen-bond donors (Lipinski definition) is 4. The maximum Gasteiger partial charge on any atom is 0.326 e. The van der Waals surface area contributed by atoms with Crippen molar-refractivity contribution in [3.63, 3.8) is 0 Å². The number of carbonyl (C=O) groups is 3. The molecule has 8 heteroatoms. The lowest BCUT2D eigenvalue weighted by Crippen LogP contribution is -2.51. The van der Waals surface area contributed by atoms with Gasteiger partial charge in [0.25, 0.3) is 0 Å². The van der Waals surface area contributed by atoms with E-state index in [0.29, 0.717) is 13.1 Å². The van der Waals surface area contributed by atoms with Crippen LogP contribution in [0.5, 0.6) is 0 Å². The first-order valence-corrected chi connectivity index (χ1v) is 6.55. The van der Waals surface area contributed by atoms with E-state index >= 15 is 0 Å². The van der Waals surface area contributed by atoms with E-state index in [2.05, 4.69) is 5.32 Å². The third kappa shape index (κ3) is 5.04. The summed E-state index contributed by atoms with van der Waals surface area (Å²) in [5.41, 5.74) is 0. The van der Waals surface area contributed by atoms with Crippen LogP contribution in [0, 0.1) is 5.92 Å². The molecule has 0 radical (unpaired) electrons. The summed E-state index contributed by atoms with van der Waals surface area (Å²) in [4.78, 5) is 34.8. The summed E-state index contributed by atoms with van der Waals surface area (Å²) in [6.07, 6.45) is 1.11. The third-order valence-electron chi connectivity index (χ3n) is 3.31. The number of aliphatic hydroxyl groups is 1. The maximum atomic E-state index is 11.9. The summed E-state index contributed by atoms with van der Waals surface area (Å²) in [5.74, 6) is -2.35. The molecule has 0 aromatic carbocycles. The second kappa shape index (κ2) is 7.68. The summed E-state index contributed by atoms with van der Waals surface area (Å²) in [6.45, 7) is 0.881. The summed E-state index contributed by atoms with van der Waals surface area (Å²) in [7, 11) is 0. The summed E-state index contributed by atoms with van der Waals surface area (Å²) < 4.78 is 0. The standard InChI is InChI=1S/C12H20N2O6/c15-7-8-2-1-5-14(6-8)12(20)13-9(11(18)19)3-4-10(16)17/h8-9,15H,1-7H2,(H,13,20)(H,16,17)(H,18,19)/t8?,9-/m0/s1. The zero-order valence-corrected chi connectivity index (χ0v) is 11.1. The Hall–Kier alpha value is -1.83. The normalized spacial score (nSPS) is 20.2. The number of nitrogens with one attached hydrogen (secondary N) is 1. The van der Waals surface area contributed by atoms with Crippen molar-refractivity contribution in [3.05, 3.63) is 0 Å². The first-order chi connectivity index (χ1) is 9.43. The van der Waals surface area contributed by atoms with Gasteiger partial charge in [-0.05, 0) is 25.2 Å². The number of piperidine rings is 1. The van der Waals surface area contributed by atoms with Crippen molar-refractivity contribution < 1.29 is 29.7 Å². The quantitative estimate of drug-likeness (QED) is 0.532. The molecular formula is C12H20N2O6. The van der Waals surface area contributed by atoms with Crippen LogP contribution in [0.2, 0.25) is 0 Å². The number of rotatable bonds is 6. The number of aliphatic hydroxyl groups excluding tert-OH is 1. The van der Waals surface area contributed by atoms with Gasteiger partial charge in [-0.3, -0.25) is 4.79 Å². The molecular weight excluding hydrogens is 268 g/mol. The van der Waals surface area contributed by atoms with Crippen LogP contribution in [0.25, 0.3) is 0 Å². The molecule has 1 aliphatic heterocycles. The second-order valence-corrected chi connectivity index (χ2v) is 4.91. The van der Waals surface area contributed by atoms with Crippen LogP contribution in [0.3, 0.4) is 0 Å². The van der Waals surface area contributed by atoms with Gasteiger partial charge in [0.2, 0.25) is 0 Å². The first-order valence-electron chi connectivity index (χ1n) is 6.55. The smallest absolute Gasteiger partial charge is 0.326 e. The number of carbonyl (C=O) groups excluding carboxylic acids is 1. The highest BCUT2D eigenvalue weighted by Crippen LogP contribution is 2.15. The Balaban J connectivity index is 2.52. The number of carboxylic acids is 2. The zero-order chi connectivity index (χ0) is 15.1. The van der Waals surface area contributed by atoms with Gasteiger partial charge in [0.15, 0.2) is 0 Å². The molecule has 20 heavy (non-hydrogen) atoms. The average molecular weight is 288 g/mol. The van der Waals surface area contributed by atoms with Crippen LogP contribution >= 0.6 is 0 Å². The van der Waals surface area contributed by atoms with Crippen molar-refractivity contribution in [2.24, 2.45) is 5.92 Å². The number of carboxylic acid groups (broad SMARTS) is 2. The van der Waals surface area contributed by atoms with E-state index in [1.54, 1.807) is 0 Å². The maximum absolute atomic E-state index is 11.9. The Kier molecular flexibility index (Phi) is 6.23. The third-order valence-corrected chi connectivity index (χ3v) is 3.31. The molecule has 0 spiro atoms. The number of aliphatic carboxylic acids is 2. The van der Waals surface area contributed by atoms with E-state index in [4.69, 9.17) is 15.3 Å². The van der Waals surface area contributed by atoms with E-state index in [9.17, 15) is 14.4 Å². The van der Waals surface area contributed by atoms with Crippen molar-refractivity contribution in [3.8, 4) is 0 Å². The Bertz CT molecular complexity index is 373. The molecule has 0 aliphatic carbocycles. The number of nitrogens with zero attached hydrogens (tertiary/aromatic N) is 1. The molecule has 1 fully saturated rings. The van der Waals surface area contributed by atoms with Crippen LogP contribution in [0.15, 0.2) is 0 Å². The molecule has 1 saturated heterocycles. The van der Waals surface area contributed by atoms with Crippen LogP contribution in [0.1, 0.15) is 25.7 Å². The van der Waals surface area contributed by atoms with Gasteiger partial charge >= 0.3 is 18.0 Å². The number of urea groups is 1. The molecule has 1 aliphatic rings. The van der Waals surface area contributed by atoms with E-state index in [-0.39, 0.29) is 25.4 Å². The van der Waals surface area contributed by atoms with Crippen LogP contribution in [0.4, 0.5) is 4.79 Å². The van der Waals surface area contributed by atoms with E-state index in [0.717, 1.165) is 12.8 Å². The van der Waals surface area contributed by atoms with E-state index < -0.39 is 24.0 Å². The van der Waals surface area contributed by atoms with Gasteiger partial charge in [-0.15, -0.1) is 0 Å². The highest BCUT2D eigenvalue weighted by Gasteiger charge is 2.27. The number of hydrogen-bond acceptors (Lipinski definition) is 4. The van der Waals surface area contributed by atoms with Crippen molar-refractivity contribution in [2.75, 3.05) is 19.7 Å². The van der Waals surface area contributed by atoms with Crippen LogP contribution in [-0.4, -0.2) is 63.9 Å². The van der Waals surface area contributed by atoms with E-state index in [1.165, 1.54) is 4.90 Å². The highest BCUT2D eigenvalue weighted by molar-refractivity contribution is 5.83. The van der Waals surface area contributed by atoms with Crippen LogP contribution < -0.4 is 5.32 Å². The lowest BCUT2D eigenvalue weighted by atomic mass is 9.99. The van der Waals surface area contributed by atoms with Crippen LogP contribution in [-0.2, 0) is 9.59 Å². The van der Waals surface area contributed by atoms with Crippen molar-refractivity contribution in [1.82, 2.24) is 10.2 Å². The van der Waals surface area contributed by atoms with Gasteiger partial charge in [0.1, 0.15) is 6.04 Å². The molecule has 0 aromatic heterocycles. The fourth-order valence-electron chi connectivity index (χ4n) is 2.16. The Morgan fingerprint density at radius 1 is 1.30 bits per heavy atom. The molecule has 1 unspecified atom stereocenters. The highest BCUT2D eigenvalue weighted by atomic mass is 16.4. The summed E-state index contributed by atoms with van der Waals surface area (Å²) in [6, 6.07) is -1.74. The lowest BCUT2D eigenvalue weighted by molar-refractivity contribution is -0.140. The molecule has 1 heterocycles. The zero-order valence-electron chi connectivity index (χ0n) is 11.1. The predicted octanol–water partition coefficient (Wildman–Crippen LogP) is -0.282. The predicted molar refractivity (Wildman–Crippen MR) is 68.2 cm³/mol. The second-order valence-electron chi connectivity index (χ2n) is 4.91. The summed E-state index contributed by atoms with van der Waals surface area (Å²) >= 11 is 0. The number of amides is 2. The fourth-order valence-corrected chi connectivity index (χ4v) is 2.16. The Morgan fingerprint density at radius 2 is 2.00 bits per heavy atom. The van der Waals surface area contributed by atoms with Crippen molar-refractivity contribution >= 4 is 18.0 Å². The molecule has 0 aromatic rings. The molecule has 0 saturated carbocycles. The topological polar surface area (TPSA) is 127 Å². The number of likely N-dealkylation sites (tertiary alicyclic amines) is 1. The van der Waals surface area contributed by atoms with Crippen molar-refractivity contribution in [1.29, 1.82) is 0 Å². The Morgan fingerprint density at radius 3 is 2.55 bits per heavy atom. The van der Waals surface area contributed by atoms with E-state index in [1.807, 2.05) is 0 Å². The first kappa shape index (κ1) is 16.2. The minimum absolute atomic E-state index is 0.00878. The molecule has 0 bridgehead atoms. The molecule has 2 amide bonds. The molecule has 8 nitrogen and oxygen atoms in total. The largest absolute Gasteiger partial charge is 0.481 e. The van der Waals surface area contributed by atoms with Gasteiger partial charge in [-0.1, -0.05) is 0 Å². The van der Waals surface area contributed by atoms with Gasteiger partial charge in [-0.2, -0.15) is 0 Å². The SMILES string of the molecule is O=C(O)CC[C@H](NC(=O)N1CCCC(CO)C1)C(=O)O. The fraction of sp³-hybridized carbons (Fsp3) is 0.750. The average Bonchev–Trinajstić information content (AvgIpc) is 2.42. The minimum atomic E-state index is -1.25. The lowest BCUT2D eigenvalue weighted by Gasteiger charge is -2.32. The summed E-state index contributed by atoms with van der Waals surface area (Å²) in [5, 5.41) is 28.9. The van der Waals surface area contributed by atoms with Gasteiger partial charge in [0, 0.05) is 26.1 Å². The molecule has 1 rings (SSSR count). The molecule has 4 N–H and O–H groups in total.